The molecule has 0 radical (unpaired) electrons. The van der Waals surface area contributed by atoms with E-state index in [0.717, 1.165) is 4.47 Å². The average molecular weight is 674 g/mol. The standard InChI is InChI=1S/C22H19BrClN7O4S.C5H7N/c23-16-11-26-22(27-12-16)35-10-9-34-21-19(15-4-6-17(24)7-5-15)20(28-14-29-21)31-36(32,33)30-13-18-3-1-2-8-25-18;1-3-5-6-4-2/h1-8,11-12,14,30H,9-10,13H2,(H,28,29,31);3-5H,1-2H2. The fraction of sp³-hybridized carbons (Fsp3) is 0.111. The monoisotopic (exact) mass is 672 g/mol. The first-order valence-corrected chi connectivity index (χ1v) is 14.7. The molecule has 42 heavy (non-hydrogen) atoms. The third-order valence-corrected chi connectivity index (χ3v) is 6.44. The molecule has 218 valence electrons. The molecule has 0 aliphatic rings. The first-order valence-electron chi connectivity index (χ1n) is 12.1. The van der Waals surface area contributed by atoms with Crippen LogP contribution in [0, 0.1) is 0 Å². The van der Waals surface area contributed by atoms with E-state index >= 15 is 0 Å². The van der Waals surface area contributed by atoms with Crippen molar-refractivity contribution in [3.05, 3.63) is 108 Å². The van der Waals surface area contributed by atoms with Crippen LogP contribution in [0.2, 0.25) is 5.02 Å². The molecule has 12 nitrogen and oxygen atoms in total. The predicted molar refractivity (Wildman–Crippen MR) is 166 cm³/mol. The van der Waals surface area contributed by atoms with Gasteiger partial charge in [-0.15, -0.1) is 0 Å². The molecule has 2 N–H and O–H groups in total. The second-order valence-electron chi connectivity index (χ2n) is 7.75. The van der Waals surface area contributed by atoms with Crippen LogP contribution in [0.25, 0.3) is 11.1 Å². The summed E-state index contributed by atoms with van der Waals surface area (Å²) in [6.07, 6.45) is 10.5. The lowest BCUT2D eigenvalue weighted by Gasteiger charge is -2.16. The highest BCUT2D eigenvalue weighted by Crippen LogP contribution is 2.34. The summed E-state index contributed by atoms with van der Waals surface area (Å²) < 4.78 is 42.4. The zero-order chi connectivity index (χ0) is 30.2. The minimum absolute atomic E-state index is 0.00361. The predicted octanol–water partition coefficient (Wildman–Crippen LogP) is 5.04. The van der Waals surface area contributed by atoms with Crippen molar-refractivity contribution in [2.45, 2.75) is 6.54 Å². The Kier molecular flexibility index (Phi) is 13.0. The van der Waals surface area contributed by atoms with Crippen molar-refractivity contribution in [2.24, 2.45) is 4.99 Å². The first kappa shape index (κ1) is 32.3. The number of hydrogen-bond donors (Lipinski definition) is 2. The Labute approximate surface area is 257 Å². The van der Waals surface area contributed by atoms with Crippen LogP contribution in [0.3, 0.4) is 0 Å². The van der Waals surface area contributed by atoms with Crippen molar-refractivity contribution >= 4 is 49.8 Å². The number of nitrogens with zero attached hydrogens (tertiary/aromatic N) is 6. The number of nitrogens with one attached hydrogen (secondary N) is 2. The zero-order valence-corrected chi connectivity index (χ0v) is 25.3. The topological polar surface area (TPSA) is 153 Å². The molecule has 3 aromatic heterocycles. The number of allylic oxidation sites excluding steroid dienone is 1. The Morgan fingerprint density at radius 3 is 2.36 bits per heavy atom. The van der Waals surface area contributed by atoms with Crippen molar-refractivity contribution in [1.82, 2.24) is 29.6 Å². The van der Waals surface area contributed by atoms with Crippen LogP contribution < -0.4 is 18.9 Å². The maximum atomic E-state index is 12.8. The molecule has 0 atom stereocenters. The summed E-state index contributed by atoms with van der Waals surface area (Å²) >= 11 is 9.29. The summed E-state index contributed by atoms with van der Waals surface area (Å²) in [4.78, 5) is 24.1. The molecule has 0 spiro atoms. The van der Waals surface area contributed by atoms with Crippen LogP contribution in [0.15, 0.2) is 102 Å². The number of aliphatic imine (C=N–C) groups is 1. The van der Waals surface area contributed by atoms with E-state index in [0.29, 0.717) is 21.8 Å². The number of hydrogen-bond acceptors (Lipinski definition) is 10. The fourth-order valence-corrected chi connectivity index (χ4v) is 4.19. The van der Waals surface area contributed by atoms with Gasteiger partial charge in [0.15, 0.2) is 5.82 Å². The lowest BCUT2D eigenvalue weighted by atomic mass is 10.1. The summed E-state index contributed by atoms with van der Waals surface area (Å²) in [7, 11) is -4.01. The third-order valence-electron chi connectivity index (χ3n) is 4.79. The fourth-order valence-electron chi connectivity index (χ4n) is 3.04. The lowest BCUT2D eigenvalue weighted by molar-refractivity contribution is 0.202. The number of aromatic nitrogens is 5. The summed E-state index contributed by atoms with van der Waals surface area (Å²) in [6, 6.07) is 12.2. The van der Waals surface area contributed by atoms with Crippen LogP contribution >= 0.6 is 27.5 Å². The Balaban J connectivity index is 0.000000730. The van der Waals surface area contributed by atoms with Crippen LogP contribution in [0.4, 0.5) is 5.82 Å². The van der Waals surface area contributed by atoms with E-state index in [-0.39, 0.29) is 37.5 Å². The van der Waals surface area contributed by atoms with E-state index in [1.54, 1.807) is 73.3 Å². The largest absolute Gasteiger partial charge is 0.473 e. The van der Waals surface area contributed by atoms with Crippen molar-refractivity contribution in [1.29, 1.82) is 0 Å². The molecule has 0 aliphatic carbocycles. The van der Waals surface area contributed by atoms with E-state index in [2.05, 4.69) is 68.4 Å². The second-order valence-corrected chi connectivity index (χ2v) is 10.6. The van der Waals surface area contributed by atoms with Gasteiger partial charge >= 0.3 is 16.2 Å². The minimum atomic E-state index is -4.01. The van der Waals surface area contributed by atoms with E-state index in [9.17, 15) is 8.42 Å². The number of ether oxygens (including phenoxy) is 2. The van der Waals surface area contributed by atoms with Crippen LogP contribution in [-0.2, 0) is 16.8 Å². The molecule has 0 fully saturated rings. The van der Waals surface area contributed by atoms with Crippen molar-refractivity contribution in [2.75, 3.05) is 17.9 Å². The van der Waals surface area contributed by atoms with E-state index in [4.69, 9.17) is 21.1 Å². The van der Waals surface area contributed by atoms with Gasteiger partial charge in [0.05, 0.1) is 22.3 Å². The Hall–Kier alpha value is -4.24. The summed E-state index contributed by atoms with van der Waals surface area (Å²) in [5.74, 6) is 0.170. The highest BCUT2D eigenvalue weighted by molar-refractivity contribution is 9.10. The van der Waals surface area contributed by atoms with E-state index in [1.807, 2.05) is 0 Å². The quantitative estimate of drug-likeness (QED) is 0.147. The summed E-state index contributed by atoms with van der Waals surface area (Å²) in [5.41, 5.74) is 1.48. The Morgan fingerprint density at radius 1 is 0.976 bits per heavy atom. The SMILES string of the molecule is C=CC=NC=C.O=S(=O)(NCc1ccccn1)Nc1ncnc(OCCOc2ncc(Br)cn2)c1-c1ccc(Cl)cc1. The molecule has 4 rings (SSSR count). The lowest BCUT2D eigenvalue weighted by Crippen LogP contribution is -2.30. The maximum absolute atomic E-state index is 12.8. The molecule has 0 unspecified atom stereocenters. The number of halogens is 2. The highest BCUT2D eigenvalue weighted by Gasteiger charge is 2.20. The number of rotatable bonds is 13. The molecular formula is C27H26BrClN8O4S. The second kappa shape index (κ2) is 16.9. The van der Waals surface area contributed by atoms with Gasteiger partial charge in [0, 0.05) is 36.0 Å². The molecular weight excluding hydrogens is 648 g/mol. The van der Waals surface area contributed by atoms with Crippen LogP contribution in [0.5, 0.6) is 11.9 Å². The minimum Gasteiger partial charge on any atom is -0.473 e. The normalized spacial score (nSPS) is 10.8. The van der Waals surface area contributed by atoms with Gasteiger partial charge in [-0.1, -0.05) is 49.0 Å². The molecule has 1 aromatic carbocycles. The third kappa shape index (κ3) is 11.0. The van der Waals surface area contributed by atoms with Gasteiger partial charge in [-0.2, -0.15) is 13.1 Å². The molecule has 0 bridgehead atoms. The molecule has 0 saturated heterocycles. The Bertz CT molecular complexity index is 1570. The van der Waals surface area contributed by atoms with Gasteiger partial charge in [0.25, 0.3) is 0 Å². The van der Waals surface area contributed by atoms with Gasteiger partial charge < -0.3 is 9.47 Å². The first-order chi connectivity index (χ1) is 20.3. The van der Waals surface area contributed by atoms with Crippen molar-refractivity contribution < 1.29 is 17.9 Å². The van der Waals surface area contributed by atoms with Gasteiger partial charge in [-0.25, -0.2) is 19.9 Å². The zero-order valence-electron chi connectivity index (χ0n) is 22.1. The van der Waals surface area contributed by atoms with Gasteiger partial charge in [0.1, 0.15) is 19.5 Å². The highest BCUT2D eigenvalue weighted by atomic mass is 79.9. The van der Waals surface area contributed by atoms with Crippen LogP contribution in [-0.4, -0.2) is 52.8 Å². The van der Waals surface area contributed by atoms with E-state index in [1.165, 1.54) is 12.5 Å². The van der Waals surface area contributed by atoms with Crippen molar-refractivity contribution in [3.8, 4) is 23.0 Å². The molecule has 0 saturated carbocycles. The molecule has 4 aromatic rings. The number of benzene rings is 1. The molecule has 0 amide bonds. The maximum Gasteiger partial charge on any atom is 0.316 e. The molecule has 15 heteroatoms. The molecule has 0 aliphatic heterocycles. The number of pyridine rings is 1. The van der Waals surface area contributed by atoms with E-state index < -0.39 is 10.2 Å². The van der Waals surface area contributed by atoms with Gasteiger partial charge in [-0.3, -0.25) is 14.7 Å². The average Bonchev–Trinajstić information content (AvgIpc) is 2.99. The van der Waals surface area contributed by atoms with Crippen LogP contribution in [0.1, 0.15) is 5.69 Å². The smallest absolute Gasteiger partial charge is 0.316 e. The summed E-state index contributed by atoms with van der Waals surface area (Å²) in [6.45, 7) is 6.96. The number of anilines is 1. The van der Waals surface area contributed by atoms with Crippen molar-refractivity contribution in [3.63, 3.8) is 0 Å². The summed E-state index contributed by atoms with van der Waals surface area (Å²) in [5, 5.41) is 0.514. The van der Waals surface area contributed by atoms with Gasteiger partial charge in [-0.05, 0) is 45.8 Å². The van der Waals surface area contributed by atoms with Gasteiger partial charge in [0.2, 0.25) is 5.88 Å². The molecule has 3 heterocycles. The Morgan fingerprint density at radius 2 is 1.71 bits per heavy atom.